The number of methoxy groups -OCH3 is 1. The number of ether oxygens (including phenoxy) is 3. The Morgan fingerprint density at radius 2 is 1.38 bits per heavy atom. The van der Waals surface area contributed by atoms with E-state index in [0.29, 0.717) is 11.3 Å². The van der Waals surface area contributed by atoms with Gasteiger partial charge in [0.15, 0.2) is 11.6 Å². The van der Waals surface area contributed by atoms with Crippen molar-refractivity contribution in [3.8, 4) is 5.75 Å². The van der Waals surface area contributed by atoms with Crippen LogP contribution in [0.5, 0.6) is 5.75 Å². The van der Waals surface area contributed by atoms with Crippen molar-refractivity contribution in [2.75, 3.05) is 20.3 Å². The lowest BCUT2D eigenvalue weighted by Crippen LogP contribution is -2.47. The normalized spacial score (nSPS) is 22.7. The average molecular weight is 362 g/mol. The van der Waals surface area contributed by atoms with Gasteiger partial charge in [-0.3, -0.25) is 19.2 Å². The van der Waals surface area contributed by atoms with Gasteiger partial charge in [-0.1, -0.05) is 12.1 Å². The SMILES string of the molecule is CCOC(=O)C1C(=O)CC(=O)C(C(=O)OCC)C1c1ccc(OC)cc1. The van der Waals surface area contributed by atoms with E-state index in [1.165, 1.54) is 7.11 Å². The first-order chi connectivity index (χ1) is 12.4. The highest BCUT2D eigenvalue weighted by Gasteiger charge is 2.52. The summed E-state index contributed by atoms with van der Waals surface area (Å²) in [5.41, 5.74) is 0.503. The van der Waals surface area contributed by atoms with Crippen LogP contribution < -0.4 is 4.74 Å². The third-order valence-corrected chi connectivity index (χ3v) is 4.34. The third-order valence-electron chi connectivity index (χ3n) is 4.34. The summed E-state index contributed by atoms with van der Waals surface area (Å²) in [6.45, 7) is 3.44. The first kappa shape index (κ1) is 19.6. The Kier molecular flexibility index (Phi) is 6.49. The molecular formula is C19H22O7. The fourth-order valence-corrected chi connectivity index (χ4v) is 3.22. The van der Waals surface area contributed by atoms with Gasteiger partial charge in [-0.15, -0.1) is 0 Å². The van der Waals surface area contributed by atoms with Gasteiger partial charge in [0.1, 0.15) is 17.6 Å². The minimum atomic E-state index is -1.23. The molecule has 26 heavy (non-hydrogen) atoms. The number of ketones is 2. The molecule has 0 aliphatic heterocycles. The fraction of sp³-hybridized carbons (Fsp3) is 0.474. The van der Waals surface area contributed by atoms with Crippen molar-refractivity contribution in [3.05, 3.63) is 29.8 Å². The lowest BCUT2D eigenvalue weighted by molar-refractivity contribution is -0.161. The third kappa shape index (κ3) is 3.92. The molecule has 1 aliphatic carbocycles. The molecule has 2 unspecified atom stereocenters. The molecule has 0 heterocycles. The molecule has 0 saturated heterocycles. The molecule has 0 bridgehead atoms. The quantitative estimate of drug-likeness (QED) is 0.561. The number of esters is 2. The number of hydrogen-bond donors (Lipinski definition) is 0. The largest absolute Gasteiger partial charge is 0.497 e. The smallest absolute Gasteiger partial charge is 0.317 e. The number of carbonyl (C=O) groups is 4. The van der Waals surface area contributed by atoms with Crippen LogP contribution in [0.15, 0.2) is 24.3 Å². The number of carbonyl (C=O) groups excluding carboxylic acids is 4. The summed E-state index contributed by atoms with van der Waals surface area (Å²) in [7, 11) is 1.51. The van der Waals surface area contributed by atoms with E-state index in [-0.39, 0.29) is 13.2 Å². The first-order valence-electron chi connectivity index (χ1n) is 8.47. The van der Waals surface area contributed by atoms with E-state index in [4.69, 9.17) is 14.2 Å². The summed E-state index contributed by atoms with van der Waals surface area (Å²) in [5.74, 6) is -5.41. The van der Waals surface area contributed by atoms with Crippen LogP contribution in [0.1, 0.15) is 31.7 Å². The Hall–Kier alpha value is -2.70. The topological polar surface area (TPSA) is 96.0 Å². The zero-order chi connectivity index (χ0) is 19.3. The van der Waals surface area contributed by atoms with E-state index in [0.717, 1.165) is 0 Å². The summed E-state index contributed by atoms with van der Waals surface area (Å²) >= 11 is 0. The number of hydrogen-bond acceptors (Lipinski definition) is 7. The van der Waals surface area contributed by atoms with E-state index in [1.807, 2.05) is 0 Å². The van der Waals surface area contributed by atoms with E-state index in [1.54, 1.807) is 38.1 Å². The van der Waals surface area contributed by atoms with Crippen molar-refractivity contribution in [3.63, 3.8) is 0 Å². The van der Waals surface area contributed by atoms with Crippen LogP contribution in [-0.4, -0.2) is 43.8 Å². The Bertz CT molecular complexity index is 656. The van der Waals surface area contributed by atoms with Crippen LogP contribution in [0.2, 0.25) is 0 Å². The molecule has 0 aromatic heterocycles. The van der Waals surface area contributed by atoms with E-state index >= 15 is 0 Å². The number of rotatable bonds is 6. The molecule has 0 radical (unpaired) electrons. The highest BCUT2D eigenvalue weighted by atomic mass is 16.5. The van der Waals surface area contributed by atoms with E-state index < -0.39 is 47.7 Å². The summed E-state index contributed by atoms with van der Waals surface area (Å²) in [6.07, 6.45) is -0.486. The van der Waals surface area contributed by atoms with Crippen molar-refractivity contribution in [2.24, 2.45) is 11.8 Å². The summed E-state index contributed by atoms with van der Waals surface area (Å²) in [4.78, 5) is 49.7. The lowest BCUT2D eigenvalue weighted by atomic mass is 9.67. The van der Waals surface area contributed by atoms with Crippen LogP contribution in [0, 0.1) is 11.8 Å². The Labute approximate surface area is 151 Å². The molecule has 1 aromatic rings. The van der Waals surface area contributed by atoms with Crippen molar-refractivity contribution >= 4 is 23.5 Å². The van der Waals surface area contributed by atoms with Gasteiger partial charge in [0, 0.05) is 5.92 Å². The summed E-state index contributed by atoms with van der Waals surface area (Å²) in [6, 6.07) is 6.55. The Balaban J connectivity index is 2.53. The maximum atomic E-state index is 12.5. The van der Waals surface area contributed by atoms with Gasteiger partial charge in [-0.2, -0.15) is 0 Å². The Morgan fingerprint density at radius 3 is 1.77 bits per heavy atom. The molecule has 0 spiro atoms. The van der Waals surface area contributed by atoms with Gasteiger partial charge in [0.05, 0.1) is 26.7 Å². The number of benzene rings is 1. The van der Waals surface area contributed by atoms with E-state index in [2.05, 4.69) is 0 Å². The predicted octanol–water partition coefficient (Wildman–Crippen LogP) is 1.68. The lowest BCUT2D eigenvalue weighted by Gasteiger charge is -2.33. The van der Waals surface area contributed by atoms with Gasteiger partial charge < -0.3 is 14.2 Å². The summed E-state index contributed by atoms with van der Waals surface area (Å²) < 4.78 is 15.2. The van der Waals surface area contributed by atoms with Gasteiger partial charge >= 0.3 is 11.9 Å². The zero-order valence-corrected chi connectivity index (χ0v) is 15.0. The molecule has 1 aromatic carbocycles. The number of Topliss-reactive ketones (excluding diaryl/α,β-unsaturated/α-hetero) is 2. The van der Waals surface area contributed by atoms with Crippen molar-refractivity contribution in [1.82, 2.24) is 0 Å². The molecule has 1 fully saturated rings. The minimum Gasteiger partial charge on any atom is -0.497 e. The second-order valence-corrected chi connectivity index (χ2v) is 5.87. The molecule has 0 amide bonds. The molecule has 1 saturated carbocycles. The average Bonchev–Trinajstić information content (AvgIpc) is 2.61. The van der Waals surface area contributed by atoms with Gasteiger partial charge in [-0.05, 0) is 31.5 Å². The van der Waals surface area contributed by atoms with Crippen molar-refractivity contribution in [1.29, 1.82) is 0 Å². The van der Waals surface area contributed by atoms with Crippen LogP contribution >= 0.6 is 0 Å². The van der Waals surface area contributed by atoms with Gasteiger partial charge in [0.25, 0.3) is 0 Å². The van der Waals surface area contributed by atoms with Crippen LogP contribution in [-0.2, 0) is 28.7 Å². The molecule has 1 aliphatic rings. The molecule has 0 N–H and O–H groups in total. The van der Waals surface area contributed by atoms with E-state index in [9.17, 15) is 19.2 Å². The zero-order valence-electron chi connectivity index (χ0n) is 15.0. The van der Waals surface area contributed by atoms with Gasteiger partial charge in [-0.25, -0.2) is 0 Å². The predicted molar refractivity (Wildman–Crippen MR) is 90.6 cm³/mol. The van der Waals surface area contributed by atoms with Gasteiger partial charge in [0.2, 0.25) is 0 Å². The fourth-order valence-electron chi connectivity index (χ4n) is 3.22. The van der Waals surface area contributed by atoms with Crippen molar-refractivity contribution in [2.45, 2.75) is 26.2 Å². The molecule has 2 atom stereocenters. The monoisotopic (exact) mass is 362 g/mol. The summed E-state index contributed by atoms with van der Waals surface area (Å²) in [5, 5.41) is 0. The highest BCUT2D eigenvalue weighted by Crippen LogP contribution is 2.40. The second kappa shape index (κ2) is 8.60. The highest BCUT2D eigenvalue weighted by molar-refractivity contribution is 6.16. The maximum Gasteiger partial charge on any atom is 0.317 e. The van der Waals surface area contributed by atoms with Crippen LogP contribution in [0.3, 0.4) is 0 Å². The Morgan fingerprint density at radius 1 is 0.923 bits per heavy atom. The molecule has 7 heteroatoms. The van der Waals surface area contributed by atoms with Crippen LogP contribution in [0.4, 0.5) is 0 Å². The molecular weight excluding hydrogens is 340 g/mol. The second-order valence-electron chi connectivity index (χ2n) is 5.87. The maximum absolute atomic E-state index is 12.5. The van der Waals surface area contributed by atoms with Crippen LogP contribution in [0.25, 0.3) is 0 Å². The molecule has 7 nitrogen and oxygen atoms in total. The first-order valence-corrected chi connectivity index (χ1v) is 8.47. The van der Waals surface area contributed by atoms with Crippen molar-refractivity contribution < 1.29 is 33.4 Å². The molecule has 2 rings (SSSR count). The molecule has 140 valence electrons. The minimum absolute atomic E-state index is 0.0932. The standard InChI is InChI=1S/C19H22O7/c1-4-25-18(22)16-13(20)10-14(21)17(19(23)26-5-2)15(16)11-6-8-12(24-3)9-7-11/h6-9,15-17H,4-5,10H2,1-3H3.